The molecule has 2 aliphatic heterocycles. The predicted octanol–water partition coefficient (Wildman–Crippen LogP) is 1.85. The largest absolute Gasteiger partial charge is 0.334 e. The molecule has 2 fully saturated rings. The molecule has 0 aliphatic carbocycles. The highest BCUT2D eigenvalue weighted by molar-refractivity contribution is 9.10. The summed E-state index contributed by atoms with van der Waals surface area (Å²) in [7, 11) is 0. The minimum atomic E-state index is -0.374. The van der Waals surface area contributed by atoms with Gasteiger partial charge in [0.2, 0.25) is 0 Å². The van der Waals surface area contributed by atoms with Crippen molar-refractivity contribution in [1.82, 2.24) is 14.7 Å². The molecule has 2 aliphatic rings. The van der Waals surface area contributed by atoms with Crippen LogP contribution in [-0.2, 0) is 16.1 Å². The highest BCUT2D eigenvalue weighted by Crippen LogP contribution is 2.18. The molecule has 2 amide bonds. The molecule has 2 saturated heterocycles. The van der Waals surface area contributed by atoms with E-state index >= 15 is 0 Å². The molecule has 24 heavy (non-hydrogen) atoms. The van der Waals surface area contributed by atoms with Crippen molar-refractivity contribution in [1.29, 1.82) is 0 Å². The Kier molecular flexibility index (Phi) is 5.50. The minimum absolute atomic E-state index is 0.269. The lowest BCUT2D eigenvalue weighted by atomic mass is 10.2. The first kappa shape index (κ1) is 17.4. The smallest absolute Gasteiger partial charge is 0.312 e. The van der Waals surface area contributed by atoms with Gasteiger partial charge in [-0.15, -0.1) is 0 Å². The van der Waals surface area contributed by atoms with E-state index in [0.717, 1.165) is 18.4 Å². The number of carbonyl (C=O) groups excluding carboxylic acids is 2. The summed E-state index contributed by atoms with van der Waals surface area (Å²) in [5.74, 6) is -1.00. The van der Waals surface area contributed by atoms with Crippen LogP contribution in [0.5, 0.6) is 0 Å². The van der Waals surface area contributed by atoms with E-state index in [0.29, 0.717) is 50.3 Å². The molecular formula is C17H21BrFN3O2. The Balaban J connectivity index is 1.50. The lowest BCUT2D eigenvalue weighted by Gasteiger charge is -2.35. The molecule has 0 bridgehead atoms. The molecule has 0 saturated carbocycles. The van der Waals surface area contributed by atoms with Gasteiger partial charge in [-0.1, -0.05) is 6.07 Å². The molecule has 0 N–H and O–H groups in total. The van der Waals surface area contributed by atoms with Crippen LogP contribution in [0.15, 0.2) is 22.7 Å². The molecule has 130 valence electrons. The van der Waals surface area contributed by atoms with Gasteiger partial charge in [0.15, 0.2) is 0 Å². The molecular weight excluding hydrogens is 377 g/mol. The third kappa shape index (κ3) is 3.95. The van der Waals surface area contributed by atoms with E-state index in [1.165, 1.54) is 6.07 Å². The van der Waals surface area contributed by atoms with Crippen LogP contribution < -0.4 is 0 Å². The van der Waals surface area contributed by atoms with Gasteiger partial charge in [-0.25, -0.2) is 4.39 Å². The number of halogens is 2. The quantitative estimate of drug-likeness (QED) is 0.715. The molecule has 0 unspecified atom stereocenters. The van der Waals surface area contributed by atoms with Gasteiger partial charge in [0.25, 0.3) is 0 Å². The van der Waals surface area contributed by atoms with Crippen molar-refractivity contribution in [3.63, 3.8) is 0 Å². The Morgan fingerprint density at radius 2 is 1.54 bits per heavy atom. The second-order valence-corrected chi connectivity index (χ2v) is 7.17. The Hall–Kier alpha value is -1.47. The average Bonchev–Trinajstić information content (AvgIpc) is 3.12. The molecule has 2 heterocycles. The molecule has 5 nitrogen and oxygen atoms in total. The van der Waals surface area contributed by atoms with Crippen molar-refractivity contribution in [2.45, 2.75) is 19.4 Å². The van der Waals surface area contributed by atoms with E-state index in [9.17, 15) is 14.0 Å². The van der Waals surface area contributed by atoms with E-state index < -0.39 is 0 Å². The second kappa shape index (κ2) is 7.61. The van der Waals surface area contributed by atoms with E-state index in [4.69, 9.17) is 0 Å². The maximum atomic E-state index is 13.3. The standard InChI is InChI=1S/C17H21BrFN3O2/c18-14-11-13(3-4-15(14)19)12-20-7-9-22(10-8-20)17(24)16(23)21-5-1-2-6-21/h3-4,11H,1-2,5-10,12H2. The van der Waals surface area contributed by atoms with Gasteiger partial charge in [-0.2, -0.15) is 0 Å². The summed E-state index contributed by atoms with van der Waals surface area (Å²) in [6, 6.07) is 5.01. The first-order valence-corrected chi connectivity index (χ1v) is 9.08. The summed E-state index contributed by atoms with van der Waals surface area (Å²) in [5.41, 5.74) is 1.02. The fourth-order valence-electron chi connectivity index (χ4n) is 3.20. The van der Waals surface area contributed by atoms with Gasteiger partial charge in [-0.05, 0) is 46.5 Å². The molecule has 0 spiro atoms. The Bertz CT molecular complexity index is 626. The number of likely N-dealkylation sites (tertiary alicyclic amines) is 1. The van der Waals surface area contributed by atoms with E-state index in [1.54, 1.807) is 21.9 Å². The van der Waals surface area contributed by atoms with Crippen LogP contribution in [0.25, 0.3) is 0 Å². The normalized spacial score (nSPS) is 18.9. The molecule has 3 rings (SSSR count). The average molecular weight is 398 g/mol. The van der Waals surface area contributed by atoms with Gasteiger partial charge >= 0.3 is 11.8 Å². The Morgan fingerprint density at radius 3 is 2.12 bits per heavy atom. The number of hydrogen-bond acceptors (Lipinski definition) is 3. The van der Waals surface area contributed by atoms with Gasteiger partial charge < -0.3 is 9.80 Å². The molecule has 0 radical (unpaired) electrons. The summed E-state index contributed by atoms with van der Waals surface area (Å²) in [5, 5.41) is 0. The lowest BCUT2D eigenvalue weighted by Crippen LogP contribution is -2.52. The molecule has 0 atom stereocenters. The zero-order valence-corrected chi connectivity index (χ0v) is 15.1. The predicted molar refractivity (Wildman–Crippen MR) is 91.8 cm³/mol. The highest BCUT2D eigenvalue weighted by Gasteiger charge is 2.30. The minimum Gasteiger partial charge on any atom is -0.334 e. The number of benzene rings is 1. The zero-order valence-electron chi connectivity index (χ0n) is 13.5. The maximum Gasteiger partial charge on any atom is 0.312 e. The van der Waals surface area contributed by atoms with Crippen LogP contribution in [0.2, 0.25) is 0 Å². The summed E-state index contributed by atoms with van der Waals surface area (Å²) in [6.07, 6.45) is 1.97. The number of amides is 2. The number of carbonyl (C=O) groups is 2. The SMILES string of the molecule is O=C(C(=O)N1CCN(Cc2ccc(F)c(Br)c2)CC1)N1CCCC1. The van der Waals surface area contributed by atoms with Crippen molar-refractivity contribution in [3.8, 4) is 0 Å². The summed E-state index contributed by atoms with van der Waals surface area (Å²) >= 11 is 3.20. The van der Waals surface area contributed by atoms with Crippen LogP contribution in [0, 0.1) is 5.82 Å². The van der Waals surface area contributed by atoms with E-state index in [1.807, 2.05) is 0 Å². The molecule has 7 heteroatoms. The van der Waals surface area contributed by atoms with Gasteiger partial charge in [0.05, 0.1) is 4.47 Å². The summed E-state index contributed by atoms with van der Waals surface area (Å²) < 4.78 is 13.7. The van der Waals surface area contributed by atoms with E-state index in [-0.39, 0.29) is 17.6 Å². The van der Waals surface area contributed by atoms with Gasteiger partial charge in [-0.3, -0.25) is 14.5 Å². The van der Waals surface area contributed by atoms with Crippen LogP contribution in [0.1, 0.15) is 18.4 Å². The molecule has 1 aromatic carbocycles. The maximum absolute atomic E-state index is 13.3. The van der Waals surface area contributed by atoms with Gasteiger partial charge in [0.1, 0.15) is 5.82 Å². The first-order valence-electron chi connectivity index (χ1n) is 8.29. The Labute approximate surface area is 149 Å². The van der Waals surface area contributed by atoms with Crippen molar-refractivity contribution in [3.05, 3.63) is 34.1 Å². The molecule has 1 aromatic rings. The third-order valence-corrected chi connectivity index (χ3v) is 5.23. The number of rotatable bonds is 2. The monoisotopic (exact) mass is 397 g/mol. The number of hydrogen-bond donors (Lipinski definition) is 0. The van der Waals surface area contributed by atoms with Crippen molar-refractivity contribution < 1.29 is 14.0 Å². The topological polar surface area (TPSA) is 43.9 Å². The first-order chi connectivity index (χ1) is 11.5. The third-order valence-electron chi connectivity index (χ3n) is 4.63. The van der Waals surface area contributed by atoms with Crippen molar-refractivity contribution in [2.75, 3.05) is 39.3 Å². The van der Waals surface area contributed by atoms with Crippen LogP contribution in [-0.4, -0.2) is 65.8 Å². The highest BCUT2D eigenvalue weighted by atomic mass is 79.9. The zero-order chi connectivity index (χ0) is 17.1. The number of nitrogens with zero attached hydrogens (tertiary/aromatic N) is 3. The van der Waals surface area contributed by atoms with Gasteiger partial charge in [0, 0.05) is 45.8 Å². The van der Waals surface area contributed by atoms with Crippen molar-refractivity contribution in [2.24, 2.45) is 0 Å². The Morgan fingerprint density at radius 1 is 0.958 bits per heavy atom. The van der Waals surface area contributed by atoms with Crippen LogP contribution in [0.4, 0.5) is 4.39 Å². The van der Waals surface area contributed by atoms with Crippen molar-refractivity contribution >= 4 is 27.7 Å². The van der Waals surface area contributed by atoms with E-state index in [2.05, 4.69) is 20.8 Å². The summed E-state index contributed by atoms with van der Waals surface area (Å²) in [4.78, 5) is 30.0. The summed E-state index contributed by atoms with van der Waals surface area (Å²) in [6.45, 7) is 4.65. The lowest BCUT2D eigenvalue weighted by molar-refractivity contribution is -0.152. The second-order valence-electron chi connectivity index (χ2n) is 6.32. The van der Waals surface area contributed by atoms with Crippen LogP contribution in [0.3, 0.4) is 0 Å². The molecule has 0 aromatic heterocycles. The number of piperazine rings is 1. The fourth-order valence-corrected chi connectivity index (χ4v) is 3.62. The fraction of sp³-hybridized carbons (Fsp3) is 0.529. The van der Waals surface area contributed by atoms with Crippen LogP contribution >= 0.6 is 15.9 Å².